The van der Waals surface area contributed by atoms with Crippen molar-refractivity contribution in [2.24, 2.45) is 0 Å². The zero-order chi connectivity index (χ0) is 16.1. The highest BCUT2D eigenvalue weighted by molar-refractivity contribution is 6.06. The van der Waals surface area contributed by atoms with Crippen molar-refractivity contribution in [3.05, 3.63) is 59.9 Å². The molecule has 0 aromatic heterocycles. The Morgan fingerprint density at radius 3 is 2.74 bits per heavy atom. The third kappa shape index (κ3) is 4.07. The number of halogens is 1. The lowest BCUT2D eigenvalue weighted by molar-refractivity contribution is 0.0673. The van der Waals surface area contributed by atoms with Crippen LogP contribution in [0, 0.1) is 5.82 Å². The van der Waals surface area contributed by atoms with Crippen LogP contribution in [0.2, 0.25) is 0 Å². The van der Waals surface area contributed by atoms with Gasteiger partial charge in [-0.2, -0.15) is 0 Å². The van der Waals surface area contributed by atoms with Crippen LogP contribution in [-0.2, 0) is 4.74 Å². The first-order chi connectivity index (χ1) is 11.2. The lowest BCUT2D eigenvalue weighted by atomic mass is 10.1. The standard InChI is InChI=1S/C18H18FNO3/c19-13-7-9-14(10-8-13)20-18(21)16-5-1-2-6-17(16)23-12-15-4-3-11-22-15/h1-2,5-10,15H,3-4,11-12H2,(H,20,21)/t15-/m0/s1. The van der Waals surface area contributed by atoms with Crippen LogP contribution in [0.3, 0.4) is 0 Å². The number of carbonyl (C=O) groups is 1. The first-order valence-electron chi connectivity index (χ1n) is 7.63. The zero-order valence-corrected chi connectivity index (χ0v) is 12.6. The summed E-state index contributed by atoms with van der Waals surface area (Å²) < 4.78 is 24.2. The highest BCUT2D eigenvalue weighted by Crippen LogP contribution is 2.21. The smallest absolute Gasteiger partial charge is 0.259 e. The van der Waals surface area contributed by atoms with E-state index >= 15 is 0 Å². The highest BCUT2D eigenvalue weighted by Gasteiger charge is 2.18. The Kier molecular flexibility index (Phi) is 4.88. The van der Waals surface area contributed by atoms with Gasteiger partial charge in [0.25, 0.3) is 5.91 Å². The monoisotopic (exact) mass is 315 g/mol. The Bertz CT molecular complexity index is 666. The van der Waals surface area contributed by atoms with E-state index in [0.717, 1.165) is 19.4 Å². The topological polar surface area (TPSA) is 47.6 Å². The molecular weight excluding hydrogens is 297 g/mol. The van der Waals surface area contributed by atoms with Crippen LogP contribution >= 0.6 is 0 Å². The van der Waals surface area contributed by atoms with E-state index in [1.165, 1.54) is 24.3 Å². The van der Waals surface area contributed by atoms with Crippen molar-refractivity contribution in [1.82, 2.24) is 0 Å². The lowest BCUT2D eigenvalue weighted by Gasteiger charge is -2.14. The van der Waals surface area contributed by atoms with Gasteiger partial charge in [-0.3, -0.25) is 4.79 Å². The average Bonchev–Trinajstić information content (AvgIpc) is 3.09. The van der Waals surface area contributed by atoms with E-state index in [9.17, 15) is 9.18 Å². The maximum Gasteiger partial charge on any atom is 0.259 e. The average molecular weight is 315 g/mol. The van der Waals surface area contributed by atoms with Gasteiger partial charge in [-0.05, 0) is 49.2 Å². The molecule has 1 atom stereocenters. The van der Waals surface area contributed by atoms with Gasteiger partial charge in [0.2, 0.25) is 0 Å². The number of amides is 1. The summed E-state index contributed by atoms with van der Waals surface area (Å²) in [5.41, 5.74) is 0.972. The number of nitrogens with one attached hydrogen (secondary N) is 1. The summed E-state index contributed by atoms with van der Waals surface area (Å²) in [6.07, 6.45) is 2.10. The second-order valence-electron chi connectivity index (χ2n) is 5.40. The molecule has 1 aliphatic rings. The Labute approximate surface area is 134 Å². The fourth-order valence-corrected chi connectivity index (χ4v) is 2.47. The minimum atomic E-state index is -0.344. The molecule has 23 heavy (non-hydrogen) atoms. The van der Waals surface area contributed by atoms with Crippen LogP contribution in [-0.4, -0.2) is 25.2 Å². The van der Waals surface area contributed by atoms with E-state index in [2.05, 4.69) is 5.32 Å². The summed E-state index contributed by atoms with van der Waals surface area (Å²) in [6.45, 7) is 1.20. The number of ether oxygens (including phenoxy) is 2. The number of para-hydroxylation sites is 1. The van der Waals surface area contributed by atoms with Crippen molar-refractivity contribution in [1.29, 1.82) is 0 Å². The number of hydrogen-bond donors (Lipinski definition) is 1. The van der Waals surface area contributed by atoms with Crippen molar-refractivity contribution in [2.45, 2.75) is 18.9 Å². The SMILES string of the molecule is O=C(Nc1ccc(F)cc1)c1ccccc1OC[C@@H]1CCCO1. The first-order valence-corrected chi connectivity index (χ1v) is 7.63. The van der Waals surface area contributed by atoms with Gasteiger partial charge in [0.1, 0.15) is 18.2 Å². The fourth-order valence-electron chi connectivity index (χ4n) is 2.47. The van der Waals surface area contributed by atoms with Crippen LogP contribution in [0.1, 0.15) is 23.2 Å². The molecular formula is C18H18FNO3. The van der Waals surface area contributed by atoms with Crippen LogP contribution in [0.5, 0.6) is 5.75 Å². The number of benzene rings is 2. The number of rotatable bonds is 5. The molecule has 3 rings (SSSR count). The Hall–Kier alpha value is -2.40. The van der Waals surface area contributed by atoms with Crippen LogP contribution in [0.25, 0.3) is 0 Å². The van der Waals surface area contributed by atoms with Gasteiger partial charge in [0, 0.05) is 12.3 Å². The van der Waals surface area contributed by atoms with Crippen molar-refractivity contribution in [3.63, 3.8) is 0 Å². The largest absolute Gasteiger partial charge is 0.490 e. The molecule has 1 saturated heterocycles. The van der Waals surface area contributed by atoms with Crippen molar-refractivity contribution >= 4 is 11.6 Å². The molecule has 1 amide bonds. The zero-order valence-electron chi connectivity index (χ0n) is 12.6. The van der Waals surface area contributed by atoms with Gasteiger partial charge in [0.05, 0.1) is 11.7 Å². The van der Waals surface area contributed by atoms with Gasteiger partial charge in [-0.25, -0.2) is 4.39 Å². The van der Waals surface area contributed by atoms with Gasteiger partial charge in [-0.15, -0.1) is 0 Å². The van der Waals surface area contributed by atoms with E-state index < -0.39 is 0 Å². The predicted octanol–water partition coefficient (Wildman–Crippen LogP) is 3.64. The molecule has 120 valence electrons. The van der Waals surface area contributed by atoms with Crippen molar-refractivity contribution < 1.29 is 18.7 Å². The molecule has 0 saturated carbocycles. The Morgan fingerprint density at radius 2 is 2.00 bits per heavy atom. The second kappa shape index (κ2) is 7.24. The molecule has 0 unspecified atom stereocenters. The lowest BCUT2D eigenvalue weighted by Crippen LogP contribution is -2.19. The van der Waals surface area contributed by atoms with E-state index in [-0.39, 0.29) is 17.8 Å². The molecule has 5 heteroatoms. The molecule has 0 radical (unpaired) electrons. The van der Waals surface area contributed by atoms with E-state index in [1.807, 2.05) is 6.07 Å². The minimum Gasteiger partial charge on any atom is -0.490 e. The summed E-state index contributed by atoms with van der Waals surface area (Å²) in [4.78, 5) is 12.4. The quantitative estimate of drug-likeness (QED) is 0.916. The maximum atomic E-state index is 12.9. The summed E-state index contributed by atoms with van der Waals surface area (Å²) in [7, 11) is 0. The minimum absolute atomic E-state index is 0.0863. The molecule has 1 fully saturated rings. The molecule has 1 heterocycles. The van der Waals surface area contributed by atoms with E-state index in [1.54, 1.807) is 18.2 Å². The third-order valence-corrected chi connectivity index (χ3v) is 3.68. The van der Waals surface area contributed by atoms with E-state index in [4.69, 9.17) is 9.47 Å². The summed E-state index contributed by atoms with van der Waals surface area (Å²) >= 11 is 0. The molecule has 1 N–H and O–H groups in total. The third-order valence-electron chi connectivity index (χ3n) is 3.68. The molecule has 4 nitrogen and oxygen atoms in total. The summed E-state index contributed by atoms with van der Waals surface area (Å²) in [6, 6.07) is 12.7. The van der Waals surface area contributed by atoms with Gasteiger partial charge in [0.15, 0.2) is 0 Å². The molecule has 0 bridgehead atoms. The maximum absolute atomic E-state index is 12.9. The van der Waals surface area contributed by atoms with Crippen LogP contribution in [0.15, 0.2) is 48.5 Å². The Balaban J connectivity index is 1.68. The number of anilines is 1. The molecule has 0 aliphatic carbocycles. The van der Waals surface area contributed by atoms with Crippen molar-refractivity contribution in [2.75, 3.05) is 18.5 Å². The van der Waals surface area contributed by atoms with Gasteiger partial charge < -0.3 is 14.8 Å². The summed E-state index contributed by atoms with van der Waals surface area (Å²) in [5, 5.41) is 2.74. The van der Waals surface area contributed by atoms with Crippen LogP contribution in [0.4, 0.5) is 10.1 Å². The summed E-state index contributed by atoms with van der Waals surface area (Å²) in [5.74, 6) is -0.120. The molecule has 1 aliphatic heterocycles. The molecule has 2 aromatic rings. The van der Waals surface area contributed by atoms with Crippen molar-refractivity contribution in [3.8, 4) is 5.75 Å². The van der Waals surface area contributed by atoms with Gasteiger partial charge in [-0.1, -0.05) is 12.1 Å². The van der Waals surface area contributed by atoms with Gasteiger partial charge >= 0.3 is 0 Å². The Morgan fingerprint density at radius 1 is 1.22 bits per heavy atom. The number of carbonyl (C=O) groups excluding carboxylic acids is 1. The highest BCUT2D eigenvalue weighted by atomic mass is 19.1. The number of hydrogen-bond acceptors (Lipinski definition) is 3. The molecule has 2 aromatic carbocycles. The van der Waals surface area contributed by atoms with E-state index in [0.29, 0.717) is 23.6 Å². The fraction of sp³-hybridized carbons (Fsp3) is 0.278. The van der Waals surface area contributed by atoms with Crippen LogP contribution < -0.4 is 10.1 Å². The second-order valence-corrected chi connectivity index (χ2v) is 5.40. The first kappa shape index (κ1) is 15.5. The normalized spacial score (nSPS) is 17.0. The predicted molar refractivity (Wildman–Crippen MR) is 85.3 cm³/mol. The molecule has 0 spiro atoms.